The van der Waals surface area contributed by atoms with E-state index in [0.717, 1.165) is 19.4 Å². The molecule has 16 heavy (non-hydrogen) atoms. The summed E-state index contributed by atoms with van der Waals surface area (Å²) in [5.74, 6) is 0. The monoisotopic (exact) mass is 218 g/mol. The molecule has 1 rings (SSSR count). The summed E-state index contributed by atoms with van der Waals surface area (Å²) in [6.45, 7) is 8.92. The summed E-state index contributed by atoms with van der Waals surface area (Å²) >= 11 is 0. The highest BCUT2D eigenvalue weighted by atomic mass is 15.3. The molecule has 0 heterocycles. The third-order valence-electron chi connectivity index (χ3n) is 3.21. The zero-order valence-corrected chi connectivity index (χ0v) is 10.3. The predicted octanol–water partition coefficient (Wildman–Crippen LogP) is 3.11. The van der Waals surface area contributed by atoms with E-state index < -0.39 is 0 Å². The molecule has 2 nitrogen and oxygen atoms in total. The molecule has 88 valence electrons. The van der Waals surface area contributed by atoms with E-state index in [0.29, 0.717) is 0 Å². The number of hydrogen-bond acceptors (Lipinski definition) is 2. The largest absolute Gasteiger partial charge is 0.356 e. The maximum Gasteiger partial charge on any atom is 0.0875 e. The molecule has 0 aliphatic heterocycles. The molecule has 1 aromatic carbocycles. The molecule has 0 bridgehead atoms. The van der Waals surface area contributed by atoms with Crippen LogP contribution in [0.1, 0.15) is 32.3 Å². The van der Waals surface area contributed by atoms with Gasteiger partial charge in [-0.25, -0.2) is 0 Å². The maximum absolute atomic E-state index is 6.35. The molecule has 1 aromatic rings. The van der Waals surface area contributed by atoms with E-state index in [1.807, 2.05) is 24.4 Å². The second-order valence-corrected chi connectivity index (χ2v) is 4.11. The van der Waals surface area contributed by atoms with Crippen molar-refractivity contribution in [2.75, 3.05) is 0 Å². The molecule has 0 saturated carbocycles. The van der Waals surface area contributed by atoms with Gasteiger partial charge < -0.3 is 10.6 Å². The van der Waals surface area contributed by atoms with Crippen LogP contribution in [-0.4, -0.2) is 10.6 Å². The van der Waals surface area contributed by atoms with Gasteiger partial charge in [-0.2, -0.15) is 0 Å². The van der Waals surface area contributed by atoms with Crippen molar-refractivity contribution in [1.29, 1.82) is 0 Å². The molecule has 0 aliphatic rings. The Morgan fingerprint density at radius 3 is 2.25 bits per heavy atom. The van der Waals surface area contributed by atoms with Crippen LogP contribution in [0.5, 0.6) is 0 Å². The Labute approximate surface area is 98.8 Å². The van der Waals surface area contributed by atoms with Gasteiger partial charge in [0.15, 0.2) is 0 Å². The Balaban J connectivity index is 2.80. The van der Waals surface area contributed by atoms with Crippen LogP contribution < -0.4 is 5.73 Å². The summed E-state index contributed by atoms with van der Waals surface area (Å²) in [6.07, 6.45) is 3.69. The quantitative estimate of drug-likeness (QED) is 0.743. The molecular formula is C14H22N2. The molecule has 0 saturated heterocycles. The molecule has 0 radical (unpaired) electrons. The van der Waals surface area contributed by atoms with Gasteiger partial charge in [0.25, 0.3) is 0 Å². The molecule has 0 spiro atoms. The number of nitrogens with zero attached hydrogens (tertiary/aromatic N) is 1. The van der Waals surface area contributed by atoms with Gasteiger partial charge in [0, 0.05) is 6.54 Å². The molecule has 0 unspecified atom stereocenters. The van der Waals surface area contributed by atoms with Crippen LogP contribution in [0, 0.1) is 0 Å². The van der Waals surface area contributed by atoms with Crippen LogP contribution in [0.4, 0.5) is 0 Å². The Bertz CT molecular complexity index is 315. The zero-order valence-electron chi connectivity index (χ0n) is 10.3. The Morgan fingerprint density at radius 1 is 1.25 bits per heavy atom. The van der Waals surface area contributed by atoms with E-state index in [1.165, 1.54) is 5.56 Å². The number of rotatable bonds is 6. The average Bonchev–Trinajstić information content (AvgIpc) is 2.36. The number of hydrogen-bond donors (Lipinski definition) is 1. The SMILES string of the molecule is C=CN(Cc1ccccc1)C(N)(CC)CC. The van der Waals surface area contributed by atoms with Crippen molar-refractivity contribution < 1.29 is 0 Å². The third kappa shape index (κ3) is 2.86. The second kappa shape index (κ2) is 5.71. The minimum atomic E-state index is -0.280. The van der Waals surface area contributed by atoms with Crippen LogP contribution >= 0.6 is 0 Å². The number of nitrogens with two attached hydrogens (primary N) is 1. The molecule has 0 amide bonds. The standard InChI is InChI=1S/C14H22N2/c1-4-14(15,5-2)16(6-3)12-13-10-8-7-9-11-13/h6-11H,3-5,12,15H2,1-2H3. The van der Waals surface area contributed by atoms with Gasteiger partial charge in [-0.3, -0.25) is 0 Å². The summed E-state index contributed by atoms with van der Waals surface area (Å²) in [6, 6.07) is 10.3. The molecule has 0 atom stereocenters. The first-order valence-electron chi connectivity index (χ1n) is 5.88. The lowest BCUT2D eigenvalue weighted by Gasteiger charge is -2.39. The summed E-state index contributed by atoms with van der Waals surface area (Å²) in [5, 5.41) is 0. The Kier molecular flexibility index (Phi) is 4.56. The van der Waals surface area contributed by atoms with Crippen LogP contribution in [0.15, 0.2) is 43.1 Å². The van der Waals surface area contributed by atoms with E-state index in [4.69, 9.17) is 5.73 Å². The minimum absolute atomic E-state index is 0.280. The fraction of sp³-hybridized carbons (Fsp3) is 0.429. The lowest BCUT2D eigenvalue weighted by molar-refractivity contribution is 0.132. The van der Waals surface area contributed by atoms with Crippen LogP contribution in [0.3, 0.4) is 0 Å². The van der Waals surface area contributed by atoms with Gasteiger partial charge in [0.2, 0.25) is 0 Å². The summed E-state index contributed by atoms with van der Waals surface area (Å²) in [5.41, 5.74) is 7.34. The zero-order chi connectivity index (χ0) is 12.0. The van der Waals surface area contributed by atoms with Crippen LogP contribution in [0.25, 0.3) is 0 Å². The van der Waals surface area contributed by atoms with Crippen molar-refractivity contribution in [3.63, 3.8) is 0 Å². The highest BCUT2D eigenvalue weighted by molar-refractivity contribution is 5.15. The maximum atomic E-state index is 6.35. The summed E-state index contributed by atoms with van der Waals surface area (Å²) in [4.78, 5) is 2.13. The van der Waals surface area contributed by atoms with E-state index in [1.54, 1.807) is 0 Å². The molecule has 2 heteroatoms. The second-order valence-electron chi connectivity index (χ2n) is 4.11. The van der Waals surface area contributed by atoms with Crippen molar-refractivity contribution in [3.05, 3.63) is 48.7 Å². The van der Waals surface area contributed by atoms with Crippen molar-refractivity contribution in [2.24, 2.45) is 5.73 Å². The average molecular weight is 218 g/mol. The fourth-order valence-corrected chi connectivity index (χ4v) is 1.84. The van der Waals surface area contributed by atoms with Gasteiger partial charge in [-0.1, -0.05) is 50.8 Å². The van der Waals surface area contributed by atoms with Crippen molar-refractivity contribution >= 4 is 0 Å². The van der Waals surface area contributed by atoms with E-state index >= 15 is 0 Å². The summed E-state index contributed by atoms with van der Waals surface area (Å²) in [7, 11) is 0. The topological polar surface area (TPSA) is 29.3 Å². The molecule has 0 aromatic heterocycles. The van der Waals surface area contributed by atoms with Crippen LogP contribution in [-0.2, 0) is 6.54 Å². The van der Waals surface area contributed by atoms with Crippen molar-refractivity contribution in [2.45, 2.75) is 38.9 Å². The van der Waals surface area contributed by atoms with E-state index in [9.17, 15) is 0 Å². The predicted molar refractivity (Wildman–Crippen MR) is 69.7 cm³/mol. The summed E-state index contributed by atoms with van der Waals surface area (Å²) < 4.78 is 0. The highest BCUT2D eigenvalue weighted by Crippen LogP contribution is 2.20. The smallest absolute Gasteiger partial charge is 0.0875 e. The highest BCUT2D eigenvalue weighted by Gasteiger charge is 2.25. The Morgan fingerprint density at radius 2 is 1.81 bits per heavy atom. The van der Waals surface area contributed by atoms with Gasteiger partial charge in [-0.05, 0) is 24.6 Å². The van der Waals surface area contributed by atoms with Gasteiger partial charge >= 0.3 is 0 Å². The normalized spacial score (nSPS) is 11.2. The first-order valence-corrected chi connectivity index (χ1v) is 5.88. The van der Waals surface area contributed by atoms with E-state index in [-0.39, 0.29) is 5.66 Å². The van der Waals surface area contributed by atoms with Crippen molar-refractivity contribution in [3.8, 4) is 0 Å². The van der Waals surface area contributed by atoms with Crippen molar-refractivity contribution in [1.82, 2.24) is 4.90 Å². The lowest BCUT2D eigenvalue weighted by atomic mass is 10.0. The minimum Gasteiger partial charge on any atom is -0.356 e. The first-order chi connectivity index (χ1) is 7.66. The van der Waals surface area contributed by atoms with Gasteiger partial charge in [-0.15, -0.1) is 0 Å². The van der Waals surface area contributed by atoms with Gasteiger partial charge in [0.1, 0.15) is 0 Å². The molecule has 0 aliphatic carbocycles. The lowest BCUT2D eigenvalue weighted by Crippen LogP contribution is -2.52. The fourth-order valence-electron chi connectivity index (χ4n) is 1.84. The van der Waals surface area contributed by atoms with Crippen LogP contribution in [0.2, 0.25) is 0 Å². The Hall–Kier alpha value is -1.28. The first kappa shape index (κ1) is 12.8. The van der Waals surface area contributed by atoms with E-state index in [2.05, 4.69) is 37.5 Å². The third-order valence-corrected chi connectivity index (χ3v) is 3.21. The number of benzene rings is 1. The molecule has 2 N–H and O–H groups in total. The molecule has 0 fully saturated rings. The molecular weight excluding hydrogens is 196 g/mol. The van der Waals surface area contributed by atoms with Gasteiger partial charge in [0.05, 0.1) is 5.66 Å².